The molecule has 3 N–H and O–H groups in total. The second-order valence-electron chi connectivity index (χ2n) is 7.65. The molecule has 3 aromatic rings. The summed E-state index contributed by atoms with van der Waals surface area (Å²) in [5.41, 5.74) is 3.66. The molecule has 0 unspecified atom stereocenters. The highest BCUT2D eigenvalue weighted by atomic mass is 32.2. The summed E-state index contributed by atoms with van der Waals surface area (Å²) < 4.78 is 28.0. The zero-order valence-electron chi connectivity index (χ0n) is 18.6. The fourth-order valence-electron chi connectivity index (χ4n) is 3.13. The Hall–Kier alpha value is -3.65. The molecule has 0 spiro atoms. The zero-order chi connectivity index (χ0) is 23.8. The van der Waals surface area contributed by atoms with E-state index >= 15 is 0 Å². The Balaban J connectivity index is 1.51. The quantitative estimate of drug-likeness (QED) is 0.450. The number of amides is 2. The average Bonchev–Trinajstić information content (AvgIpc) is 2.81. The van der Waals surface area contributed by atoms with Crippen LogP contribution in [0.3, 0.4) is 0 Å². The monoisotopic (exact) mass is 465 g/mol. The van der Waals surface area contributed by atoms with Gasteiger partial charge in [0, 0.05) is 25.1 Å². The van der Waals surface area contributed by atoms with Crippen LogP contribution in [0.2, 0.25) is 0 Å². The number of nitrogens with one attached hydrogen (secondary N) is 3. The molecule has 33 heavy (non-hydrogen) atoms. The summed E-state index contributed by atoms with van der Waals surface area (Å²) in [5.74, 6) is -0.546. The fourth-order valence-corrected chi connectivity index (χ4v) is 4.25. The minimum atomic E-state index is -3.79. The highest BCUT2D eigenvalue weighted by Crippen LogP contribution is 2.22. The molecule has 2 amide bonds. The van der Waals surface area contributed by atoms with Crippen molar-refractivity contribution in [3.8, 4) is 0 Å². The van der Waals surface area contributed by atoms with Crippen LogP contribution in [0.4, 0.5) is 5.69 Å². The van der Waals surface area contributed by atoms with Gasteiger partial charge in [0.25, 0.3) is 15.9 Å². The van der Waals surface area contributed by atoms with Crippen LogP contribution in [0.25, 0.3) is 0 Å². The predicted molar refractivity (Wildman–Crippen MR) is 128 cm³/mol. The molecule has 8 heteroatoms. The second kappa shape index (κ2) is 10.8. The number of sulfonamides is 1. The van der Waals surface area contributed by atoms with Crippen LogP contribution in [0.5, 0.6) is 0 Å². The van der Waals surface area contributed by atoms with Gasteiger partial charge < -0.3 is 10.6 Å². The Bertz CT molecular complexity index is 1220. The molecule has 7 nitrogen and oxygen atoms in total. The first-order valence-corrected chi connectivity index (χ1v) is 12.0. The lowest BCUT2D eigenvalue weighted by molar-refractivity contribution is -0.121. The van der Waals surface area contributed by atoms with E-state index in [9.17, 15) is 18.0 Å². The largest absolute Gasteiger partial charge is 0.352 e. The van der Waals surface area contributed by atoms with Gasteiger partial charge in [-0.05, 0) is 60.9 Å². The molecule has 0 aliphatic heterocycles. The van der Waals surface area contributed by atoms with Crippen molar-refractivity contribution >= 4 is 27.5 Å². The molecule has 172 valence electrons. The normalized spacial score (nSPS) is 11.0. The summed E-state index contributed by atoms with van der Waals surface area (Å²) in [6.45, 7) is 4.36. The Morgan fingerprint density at radius 1 is 0.818 bits per heavy atom. The number of rotatable bonds is 9. The number of anilines is 1. The summed E-state index contributed by atoms with van der Waals surface area (Å²) in [4.78, 5) is 24.3. The van der Waals surface area contributed by atoms with Gasteiger partial charge in [0.2, 0.25) is 5.91 Å². The Morgan fingerprint density at radius 2 is 1.52 bits per heavy atom. The first-order chi connectivity index (χ1) is 15.8. The molecule has 0 saturated heterocycles. The van der Waals surface area contributed by atoms with Crippen molar-refractivity contribution in [2.45, 2.75) is 31.7 Å². The first-order valence-electron chi connectivity index (χ1n) is 10.5. The maximum Gasteiger partial charge on any atom is 0.261 e. The SMILES string of the molecule is Cc1cccc(NS(=O)(=O)c2ccc(C(=O)NCCC(=O)NCc3ccccc3)cc2)c1C. The summed E-state index contributed by atoms with van der Waals surface area (Å²) in [5, 5.41) is 5.47. The average molecular weight is 466 g/mol. The molecule has 3 aromatic carbocycles. The van der Waals surface area contributed by atoms with Gasteiger partial charge in [-0.1, -0.05) is 42.5 Å². The maximum atomic E-state index is 12.7. The summed E-state index contributed by atoms with van der Waals surface area (Å²) in [6, 6.07) is 20.6. The van der Waals surface area contributed by atoms with Crippen LogP contribution >= 0.6 is 0 Å². The third kappa shape index (κ3) is 6.66. The van der Waals surface area contributed by atoms with Crippen LogP contribution < -0.4 is 15.4 Å². The molecule has 0 fully saturated rings. The predicted octanol–water partition coefficient (Wildman–Crippen LogP) is 3.54. The van der Waals surface area contributed by atoms with E-state index in [0.717, 1.165) is 16.7 Å². The Kier molecular flexibility index (Phi) is 7.84. The van der Waals surface area contributed by atoms with Crippen molar-refractivity contribution in [3.05, 3.63) is 95.1 Å². The van der Waals surface area contributed by atoms with Gasteiger partial charge in [-0.15, -0.1) is 0 Å². The van der Waals surface area contributed by atoms with Crippen LogP contribution in [0, 0.1) is 13.8 Å². The third-order valence-corrected chi connectivity index (χ3v) is 6.63. The lowest BCUT2D eigenvalue weighted by Gasteiger charge is -2.12. The van der Waals surface area contributed by atoms with E-state index in [1.165, 1.54) is 24.3 Å². The molecule has 0 aliphatic rings. The van der Waals surface area contributed by atoms with Gasteiger partial charge in [0.15, 0.2) is 0 Å². The van der Waals surface area contributed by atoms with E-state index in [2.05, 4.69) is 15.4 Å². The molecule has 0 aromatic heterocycles. The van der Waals surface area contributed by atoms with Gasteiger partial charge >= 0.3 is 0 Å². The highest BCUT2D eigenvalue weighted by Gasteiger charge is 2.16. The fraction of sp³-hybridized carbons (Fsp3) is 0.200. The van der Waals surface area contributed by atoms with Crippen molar-refractivity contribution < 1.29 is 18.0 Å². The van der Waals surface area contributed by atoms with E-state index in [1.807, 2.05) is 50.2 Å². The number of hydrogen-bond acceptors (Lipinski definition) is 4. The van der Waals surface area contributed by atoms with Gasteiger partial charge in [0.1, 0.15) is 0 Å². The number of aryl methyl sites for hydroxylation is 1. The first kappa shape index (κ1) is 24.0. The van der Waals surface area contributed by atoms with Crippen molar-refractivity contribution in [2.75, 3.05) is 11.3 Å². The molecule has 0 bridgehead atoms. The standard InChI is InChI=1S/C25H27N3O4S/c1-18-7-6-10-23(19(18)2)28-33(31,32)22-13-11-21(12-14-22)25(30)26-16-15-24(29)27-17-20-8-4-3-5-9-20/h3-14,28H,15-17H2,1-2H3,(H,26,30)(H,27,29). The van der Waals surface area contributed by atoms with Crippen LogP contribution in [0.1, 0.15) is 33.5 Å². The van der Waals surface area contributed by atoms with Gasteiger partial charge in [-0.3, -0.25) is 14.3 Å². The lowest BCUT2D eigenvalue weighted by Crippen LogP contribution is -2.30. The minimum Gasteiger partial charge on any atom is -0.352 e. The zero-order valence-corrected chi connectivity index (χ0v) is 19.4. The topological polar surface area (TPSA) is 104 Å². The van der Waals surface area contributed by atoms with E-state index in [-0.39, 0.29) is 29.7 Å². The van der Waals surface area contributed by atoms with Crippen LogP contribution in [-0.4, -0.2) is 26.8 Å². The Morgan fingerprint density at radius 3 is 2.21 bits per heavy atom. The number of hydrogen-bond donors (Lipinski definition) is 3. The third-order valence-electron chi connectivity index (χ3n) is 5.25. The molecule has 0 aliphatic carbocycles. The number of carbonyl (C=O) groups excluding carboxylic acids is 2. The Labute approximate surface area is 194 Å². The second-order valence-corrected chi connectivity index (χ2v) is 9.33. The van der Waals surface area contributed by atoms with Crippen molar-refractivity contribution in [2.24, 2.45) is 0 Å². The highest BCUT2D eigenvalue weighted by molar-refractivity contribution is 7.92. The smallest absolute Gasteiger partial charge is 0.261 e. The summed E-state index contributed by atoms with van der Waals surface area (Å²) in [6.07, 6.45) is 0.144. The summed E-state index contributed by atoms with van der Waals surface area (Å²) in [7, 11) is -3.79. The van der Waals surface area contributed by atoms with E-state index in [4.69, 9.17) is 0 Å². The molecule has 0 radical (unpaired) electrons. The number of carbonyl (C=O) groups is 2. The number of benzene rings is 3. The van der Waals surface area contributed by atoms with Crippen molar-refractivity contribution in [1.82, 2.24) is 10.6 Å². The van der Waals surface area contributed by atoms with Gasteiger partial charge in [-0.2, -0.15) is 0 Å². The lowest BCUT2D eigenvalue weighted by atomic mass is 10.1. The van der Waals surface area contributed by atoms with Gasteiger partial charge in [0.05, 0.1) is 10.6 Å². The molecule has 3 rings (SSSR count). The van der Waals surface area contributed by atoms with Gasteiger partial charge in [-0.25, -0.2) is 8.42 Å². The molecular weight excluding hydrogens is 438 g/mol. The van der Waals surface area contributed by atoms with E-state index in [0.29, 0.717) is 17.8 Å². The minimum absolute atomic E-state index is 0.0558. The molecule has 0 atom stereocenters. The van der Waals surface area contributed by atoms with Crippen LogP contribution in [-0.2, 0) is 21.4 Å². The van der Waals surface area contributed by atoms with Crippen LogP contribution in [0.15, 0.2) is 77.7 Å². The molecule has 0 heterocycles. The van der Waals surface area contributed by atoms with Crippen molar-refractivity contribution in [3.63, 3.8) is 0 Å². The van der Waals surface area contributed by atoms with Crippen molar-refractivity contribution in [1.29, 1.82) is 0 Å². The summed E-state index contributed by atoms with van der Waals surface area (Å²) >= 11 is 0. The van der Waals surface area contributed by atoms with E-state index < -0.39 is 10.0 Å². The molecular formula is C25H27N3O4S. The van der Waals surface area contributed by atoms with E-state index in [1.54, 1.807) is 12.1 Å². The maximum absolute atomic E-state index is 12.7. The molecule has 0 saturated carbocycles.